The Morgan fingerprint density at radius 3 is 3.05 bits per heavy atom. The minimum atomic E-state index is -0.585. The summed E-state index contributed by atoms with van der Waals surface area (Å²) in [5.41, 5.74) is 1.15. The van der Waals surface area contributed by atoms with Gasteiger partial charge in [0.15, 0.2) is 0 Å². The number of aliphatic hydroxyl groups excluding tert-OH is 1. The molecule has 1 aliphatic carbocycles. The molecule has 1 saturated carbocycles. The topological polar surface area (TPSA) is 61.4 Å². The maximum atomic E-state index is 12.1. The lowest BCUT2D eigenvalue weighted by atomic mass is 9.92. The molecule has 1 amide bonds. The van der Waals surface area contributed by atoms with E-state index in [9.17, 15) is 9.90 Å². The lowest BCUT2D eigenvalue weighted by Gasteiger charge is -2.23. The third-order valence-corrected chi connectivity index (χ3v) is 5.20. The summed E-state index contributed by atoms with van der Waals surface area (Å²) >= 11 is 1.56. The van der Waals surface area contributed by atoms with Gasteiger partial charge in [-0.15, -0.1) is 0 Å². The molecule has 2 unspecified atom stereocenters. The van der Waals surface area contributed by atoms with E-state index in [0.717, 1.165) is 37.9 Å². The first-order chi connectivity index (χ1) is 9.21. The molecule has 2 heterocycles. The molecule has 19 heavy (non-hydrogen) atoms. The number of carbonyl (C=O) groups excluding carboxylic acids is 1. The van der Waals surface area contributed by atoms with Crippen LogP contribution in [0.1, 0.15) is 30.9 Å². The quantitative estimate of drug-likeness (QED) is 0.779. The Kier molecular flexibility index (Phi) is 3.60. The summed E-state index contributed by atoms with van der Waals surface area (Å²) in [6.45, 7) is 2.38. The average molecular weight is 280 g/mol. The molecule has 0 aromatic carbocycles. The molecular weight excluding hydrogens is 260 g/mol. The second-order valence-electron chi connectivity index (χ2n) is 5.69. The summed E-state index contributed by atoms with van der Waals surface area (Å²) in [7, 11) is 0. The zero-order valence-electron chi connectivity index (χ0n) is 10.9. The summed E-state index contributed by atoms with van der Waals surface area (Å²) in [6, 6.07) is 1.90. The molecule has 2 fully saturated rings. The van der Waals surface area contributed by atoms with Crippen LogP contribution in [-0.4, -0.2) is 30.6 Å². The van der Waals surface area contributed by atoms with Gasteiger partial charge in [0.2, 0.25) is 5.91 Å². The number of amides is 1. The van der Waals surface area contributed by atoms with Crippen LogP contribution in [-0.2, 0) is 4.79 Å². The minimum Gasteiger partial charge on any atom is -0.387 e. The molecule has 0 radical (unpaired) electrons. The first-order valence-corrected chi connectivity index (χ1v) is 7.84. The van der Waals surface area contributed by atoms with Crippen molar-refractivity contribution in [2.24, 2.45) is 11.3 Å². The van der Waals surface area contributed by atoms with Gasteiger partial charge in [0.1, 0.15) is 0 Å². The van der Waals surface area contributed by atoms with Gasteiger partial charge in [-0.2, -0.15) is 11.3 Å². The van der Waals surface area contributed by atoms with E-state index in [4.69, 9.17) is 0 Å². The van der Waals surface area contributed by atoms with Crippen molar-refractivity contribution >= 4 is 17.2 Å². The van der Waals surface area contributed by atoms with E-state index in [1.165, 1.54) is 0 Å². The summed E-state index contributed by atoms with van der Waals surface area (Å²) < 4.78 is 0. The summed E-state index contributed by atoms with van der Waals surface area (Å²) in [5.74, 6) is 0.292. The van der Waals surface area contributed by atoms with E-state index in [2.05, 4.69) is 10.6 Å². The van der Waals surface area contributed by atoms with E-state index in [1.54, 1.807) is 11.3 Å². The first-order valence-electron chi connectivity index (χ1n) is 6.90. The van der Waals surface area contributed by atoms with Crippen molar-refractivity contribution in [2.45, 2.75) is 25.4 Å². The van der Waals surface area contributed by atoms with Gasteiger partial charge in [-0.3, -0.25) is 4.79 Å². The molecule has 104 valence electrons. The highest BCUT2D eigenvalue weighted by molar-refractivity contribution is 7.07. The first kappa shape index (κ1) is 13.1. The fourth-order valence-electron chi connectivity index (χ4n) is 3.10. The van der Waals surface area contributed by atoms with Crippen LogP contribution in [0.15, 0.2) is 16.8 Å². The molecule has 1 aliphatic heterocycles. The molecule has 1 saturated heterocycles. The van der Waals surface area contributed by atoms with Crippen molar-refractivity contribution in [1.82, 2.24) is 10.6 Å². The Morgan fingerprint density at radius 1 is 1.58 bits per heavy atom. The average Bonchev–Trinajstić information content (AvgIpc) is 2.90. The minimum absolute atomic E-state index is 0.121. The van der Waals surface area contributed by atoms with E-state index in [0.29, 0.717) is 6.54 Å². The Morgan fingerprint density at radius 2 is 2.37 bits per heavy atom. The molecular formula is C14H20N2O2S. The fraction of sp³-hybridized carbons (Fsp3) is 0.643. The largest absolute Gasteiger partial charge is 0.387 e. The van der Waals surface area contributed by atoms with Crippen LogP contribution in [0.4, 0.5) is 0 Å². The van der Waals surface area contributed by atoms with Gasteiger partial charge < -0.3 is 15.7 Å². The third kappa shape index (κ3) is 2.68. The zero-order chi connectivity index (χ0) is 13.3. The normalized spacial score (nSPS) is 26.1. The SMILES string of the molecule is O=C(NCC(O)c1ccsc1)C1CC12CCNCC2. The van der Waals surface area contributed by atoms with E-state index < -0.39 is 6.10 Å². The van der Waals surface area contributed by atoms with E-state index in [-0.39, 0.29) is 17.2 Å². The van der Waals surface area contributed by atoms with Crippen LogP contribution in [0.2, 0.25) is 0 Å². The molecule has 3 N–H and O–H groups in total. The van der Waals surface area contributed by atoms with Crippen molar-refractivity contribution in [3.05, 3.63) is 22.4 Å². The molecule has 2 aliphatic rings. The maximum absolute atomic E-state index is 12.1. The second-order valence-corrected chi connectivity index (χ2v) is 6.47. The van der Waals surface area contributed by atoms with Crippen molar-refractivity contribution in [3.63, 3.8) is 0 Å². The number of aliphatic hydroxyl groups is 1. The van der Waals surface area contributed by atoms with Crippen molar-refractivity contribution in [2.75, 3.05) is 19.6 Å². The lowest BCUT2D eigenvalue weighted by molar-refractivity contribution is -0.123. The highest BCUT2D eigenvalue weighted by Crippen LogP contribution is 2.58. The van der Waals surface area contributed by atoms with Crippen molar-refractivity contribution in [3.8, 4) is 0 Å². The zero-order valence-corrected chi connectivity index (χ0v) is 11.7. The van der Waals surface area contributed by atoms with Crippen LogP contribution < -0.4 is 10.6 Å². The Bertz CT molecular complexity index is 440. The third-order valence-electron chi connectivity index (χ3n) is 4.50. The van der Waals surface area contributed by atoms with Gasteiger partial charge >= 0.3 is 0 Å². The summed E-state index contributed by atoms with van der Waals surface area (Å²) in [4.78, 5) is 12.1. The molecule has 1 spiro atoms. The maximum Gasteiger partial charge on any atom is 0.223 e. The number of hydrogen-bond donors (Lipinski definition) is 3. The number of thiophene rings is 1. The summed E-state index contributed by atoms with van der Waals surface area (Å²) in [6.07, 6.45) is 2.66. The predicted molar refractivity (Wildman–Crippen MR) is 74.9 cm³/mol. The van der Waals surface area contributed by atoms with Crippen LogP contribution >= 0.6 is 11.3 Å². The number of rotatable bonds is 4. The van der Waals surface area contributed by atoms with E-state index in [1.807, 2.05) is 16.8 Å². The smallest absolute Gasteiger partial charge is 0.223 e. The molecule has 4 nitrogen and oxygen atoms in total. The van der Waals surface area contributed by atoms with Gasteiger partial charge in [-0.05, 0) is 60.2 Å². The van der Waals surface area contributed by atoms with Gasteiger partial charge in [-0.1, -0.05) is 0 Å². The Hall–Kier alpha value is -0.910. The van der Waals surface area contributed by atoms with Gasteiger partial charge in [0.25, 0.3) is 0 Å². The van der Waals surface area contributed by atoms with Gasteiger partial charge in [0, 0.05) is 12.5 Å². The van der Waals surface area contributed by atoms with Crippen LogP contribution in [0.3, 0.4) is 0 Å². The van der Waals surface area contributed by atoms with E-state index >= 15 is 0 Å². The second kappa shape index (κ2) is 5.23. The fourth-order valence-corrected chi connectivity index (χ4v) is 3.81. The Labute approximate surface area is 117 Å². The lowest BCUT2D eigenvalue weighted by Crippen LogP contribution is -2.35. The highest BCUT2D eigenvalue weighted by Gasteiger charge is 2.57. The molecule has 1 aromatic rings. The molecule has 5 heteroatoms. The summed E-state index contributed by atoms with van der Waals surface area (Å²) in [5, 5.41) is 20.0. The molecule has 2 atom stereocenters. The number of nitrogens with one attached hydrogen (secondary N) is 2. The molecule has 3 rings (SSSR count). The van der Waals surface area contributed by atoms with Gasteiger partial charge in [-0.25, -0.2) is 0 Å². The highest BCUT2D eigenvalue weighted by atomic mass is 32.1. The van der Waals surface area contributed by atoms with Crippen molar-refractivity contribution < 1.29 is 9.90 Å². The number of hydrogen-bond acceptors (Lipinski definition) is 4. The van der Waals surface area contributed by atoms with Crippen LogP contribution in [0, 0.1) is 11.3 Å². The monoisotopic (exact) mass is 280 g/mol. The van der Waals surface area contributed by atoms with Crippen molar-refractivity contribution in [1.29, 1.82) is 0 Å². The van der Waals surface area contributed by atoms with Crippen LogP contribution in [0.5, 0.6) is 0 Å². The van der Waals surface area contributed by atoms with Gasteiger partial charge in [0.05, 0.1) is 6.10 Å². The number of piperidine rings is 1. The standard InChI is InChI=1S/C14H20N2O2S/c17-12(10-1-6-19-9-10)8-16-13(18)11-7-14(11)2-4-15-5-3-14/h1,6,9,11-12,15,17H,2-5,7-8H2,(H,16,18). The predicted octanol–water partition coefficient (Wildman–Crippen LogP) is 1.29. The molecule has 1 aromatic heterocycles. The molecule has 0 bridgehead atoms. The Balaban J connectivity index is 1.47. The number of carbonyl (C=O) groups is 1. The van der Waals surface area contributed by atoms with Crippen LogP contribution in [0.25, 0.3) is 0 Å².